The number of aromatic nitrogens is 2. The molecule has 2 unspecified atom stereocenters. The smallest absolute Gasteiger partial charge is 0.296 e. The quantitative estimate of drug-likeness (QED) is 0.501. The second-order valence-corrected chi connectivity index (χ2v) is 8.27. The molecule has 0 spiro atoms. The van der Waals surface area contributed by atoms with E-state index in [4.69, 9.17) is 10.00 Å². The molecule has 1 saturated heterocycles. The third kappa shape index (κ3) is 5.06. The maximum absolute atomic E-state index is 14.5. The van der Waals surface area contributed by atoms with Gasteiger partial charge in [-0.05, 0) is 36.2 Å². The lowest BCUT2D eigenvalue weighted by atomic mass is 9.90. The molecule has 1 aliphatic rings. The van der Waals surface area contributed by atoms with Crippen molar-refractivity contribution >= 4 is 5.91 Å². The lowest BCUT2D eigenvalue weighted by molar-refractivity contribution is -0.126. The number of nitrogens with zero attached hydrogens (tertiary/aromatic N) is 3. The first kappa shape index (κ1) is 24.9. The second-order valence-electron chi connectivity index (χ2n) is 8.27. The standard InChI is InChI=1S/C24H19F4N5O3/c1-24(27,28)21-20(36-18-4-2-3-14(10-29)19(18)26)23(35)33(12-30-21)11-16-9-17(22(34)32-31-16)13-5-7-15(25)8-6-13/h2-8,12,16-17,31H,9,11H2,1H3,(H,32,34). The lowest BCUT2D eigenvalue weighted by Gasteiger charge is -2.30. The molecular weight excluding hydrogens is 482 g/mol. The molecule has 8 nitrogen and oxygen atoms in total. The Morgan fingerprint density at radius 3 is 2.58 bits per heavy atom. The van der Waals surface area contributed by atoms with Gasteiger partial charge in [-0.2, -0.15) is 14.0 Å². The van der Waals surface area contributed by atoms with Gasteiger partial charge in [0, 0.05) is 19.5 Å². The maximum Gasteiger partial charge on any atom is 0.296 e. The summed E-state index contributed by atoms with van der Waals surface area (Å²) in [4.78, 5) is 29.2. The van der Waals surface area contributed by atoms with E-state index in [0.29, 0.717) is 12.5 Å². The van der Waals surface area contributed by atoms with Gasteiger partial charge in [0.2, 0.25) is 11.7 Å². The van der Waals surface area contributed by atoms with E-state index in [9.17, 15) is 27.2 Å². The van der Waals surface area contributed by atoms with Gasteiger partial charge in [-0.15, -0.1) is 0 Å². The Balaban J connectivity index is 1.65. The Morgan fingerprint density at radius 1 is 1.19 bits per heavy atom. The average Bonchev–Trinajstić information content (AvgIpc) is 2.84. The van der Waals surface area contributed by atoms with Crippen LogP contribution in [0.15, 0.2) is 53.6 Å². The zero-order valence-electron chi connectivity index (χ0n) is 18.8. The van der Waals surface area contributed by atoms with Crippen molar-refractivity contribution in [2.45, 2.75) is 37.8 Å². The molecule has 186 valence electrons. The van der Waals surface area contributed by atoms with Gasteiger partial charge in [-0.1, -0.05) is 18.2 Å². The van der Waals surface area contributed by atoms with Gasteiger partial charge < -0.3 is 4.74 Å². The van der Waals surface area contributed by atoms with Crippen molar-refractivity contribution in [2.24, 2.45) is 0 Å². The molecule has 1 fully saturated rings. The Hall–Kier alpha value is -4.24. The Morgan fingerprint density at radius 2 is 1.92 bits per heavy atom. The summed E-state index contributed by atoms with van der Waals surface area (Å²) in [7, 11) is 0. The highest BCUT2D eigenvalue weighted by Gasteiger charge is 2.35. The number of nitriles is 1. The fourth-order valence-electron chi connectivity index (χ4n) is 3.84. The van der Waals surface area contributed by atoms with Crippen LogP contribution in [0.2, 0.25) is 0 Å². The van der Waals surface area contributed by atoms with Gasteiger partial charge in [0.1, 0.15) is 11.9 Å². The number of nitrogens with one attached hydrogen (secondary N) is 2. The average molecular weight is 501 g/mol. The summed E-state index contributed by atoms with van der Waals surface area (Å²) in [6, 6.07) is 10.00. The zero-order chi connectivity index (χ0) is 26.0. The summed E-state index contributed by atoms with van der Waals surface area (Å²) < 4.78 is 62.5. The lowest BCUT2D eigenvalue weighted by Crippen LogP contribution is -2.54. The van der Waals surface area contributed by atoms with Crippen molar-refractivity contribution in [3.63, 3.8) is 0 Å². The van der Waals surface area contributed by atoms with Crippen LogP contribution in [0.1, 0.15) is 36.1 Å². The van der Waals surface area contributed by atoms with Gasteiger partial charge in [0.05, 0.1) is 17.8 Å². The number of carbonyl (C=O) groups is 1. The van der Waals surface area contributed by atoms with Gasteiger partial charge in [0.25, 0.3) is 11.5 Å². The van der Waals surface area contributed by atoms with Crippen LogP contribution in [-0.2, 0) is 17.3 Å². The Labute approximate surface area is 202 Å². The summed E-state index contributed by atoms with van der Waals surface area (Å²) >= 11 is 0. The normalized spacial score (nSPS) is 17.8. The van der Waals surface area contributed by atoms with Gasteiger partial charge in [0.15, 0.2) is 17.3 Å². The number of hydrogen-bond acceptors (Lipinski definition) is 6. The van der Waals surface area contributed by atoms with E-state index in [1.165, 1.54) is 36.4 Å². The van der Waals surface area contributed by atoms with E-state index in [-0.39, 0.29) is 18.9 Å². The van der Waals surface area contributed by atoms with Crippen molar-refractivity contribution in [1.82, 2.24) is 20.4 Å². The number of rotatable bonds is 6. The van der Waals surface area contributed by atoms with Gasteiger partial charge in [-0.25, -0.2) is 19.2 Å². The predicted octanol–water partition coefficient (Wildman–Crippen LogP) is 3.47. The maximum atomic E-state index is 14.5. The molecule has 36 heavy (non-hydrogen) atoms. The van der Waals surface area contributed by atoms with Crippen molar-refractivity contribution in [1.29, 1.82) is 5.26 Å². The van der Waals surface area contributed by atoms with E-state index < -0.39 is 57.8 Å². The van der Waals surface area contributed by atoms with Crippen molar-refractivity contribution in [3.8, 4) is 17.6 Å². The van der Waals surface area contributed by atoms with Crippen LogP contribution in [0.4, 0.5) is 17.6 Å². The first-order valence-electron chi connectivity index (χ1n) is 10.7. The first-order chi connectivity index (χ1) is 17.1. The monoisotopic (exact) mass is 501 g/mol. The number of carbonyl (C=O) groups excluding carboxylic acids is 1. The third-order valence-corrected chi connectivity index (χ3v) is 5.63. The van der Waals surface area contributed by atoms with Crippen molar-refractivity contribution in [2.75, 3.05) is 0 Å². The third-order valence-electron chi connectivity index (χ3n) is 5.63. The fraction of sp³-hybridized carbons (Fsp3) is 0.250. The summed E-state index contributed by atoms with van der Waals surface area (Å²) in [5.41, 5.74) is 3.40. The van der Waals surface area contributed by atoms with E-state index in [1.807, 2.05) is 0 Å². The number of hydrazine groups is 1. The summed E-state index contributed by atoms with van der Waals surface area (Å²) in [5.74, 6) is -7.66. The van der Waals surface area contributed by atoms with Crippen LogP contribution in [0.25, 0.3) is 0 Å². The Kier molecular flexibility index (Phi) is 6.76. The molecule has 3 aromatic rings. The van der Waals surface area contributed by atoms with Gasteiger partial charge in [-0.3, -0.25) is 19.6 Å². The zero-order valence-corrected chi connectivity index (χ0v) is 18.8. The molecule has 4 rings (SSSR count). The number of benzene rings is 2. The molecule has 2 heterocycles. The molecular formula is C24H19F4N5O3. The van der Waals surface area contributed by atoms with Crippen molar-refractivity contribution in [3.05, 3.63) is 87.6 Å². The fourth-order valence-corrected chi connectivity index (χ4v) is 3.84. The van der Waals surface area contributed by atoms with E-state index >= 15 is 0 Å². The van der Waals surface area contributed by atoms with E-state index in [0.717, 1.165) is 17.0 Å². The van der Waals surface area contributed by atoms with Gasteiger partial charge >= 0.3 is 0 Å². The largest absolute Gasteiger partial charge is 0.446 e. The molecule has 2 aromatic carbocycles. The molecule has 1 aromatic heterocycles. The minimum Gasteiger partial charge on any atom is -0.446 e. The van der Waals surface area contributed by atoms with Crippen molar-refractivity contribution < 1.29 is 27.1 Å². The number of ether oxygens (including phenoxy) is 1. The number of alkyl halides is 2. The highest BCUT2D eigenvalue weighted by molar-refractivity contribution is 5.84. The van der Waals surface area contributed by atoms with Crippen LogP contribution in [0.5, 0.6) is 11.5 Å². The van der Waals surface area contributed by atoms with Crippen LogP contribution in [0, 0.1) is 23.0 Å². The minimum absolute atomic E-state index is 0.115. The molecule has 2 atom stereocenters. The second kappa shape index (κ2) is 9.79. The number of halogens is 4. The summed E-state index contributed by atoms with van der Waals surface area (Å²) in [6.45, 7) is 0.399. The first-order valence-corrected chi connectivity index (χ1v) is 10.7. The number of amides is 1. The topological polar surface area (TPSA) is 109 Å². The summed E-state index contributed by atoms with van der Waals surface area (Å²) in [6.07, 6.45) is 1.11. The molecule has 0 bridgehead atoms. The summed E-state index contributed by atoms with van der Waals surface area (Å²) in [5, 5.41) is 9.01. The van der Waals surface area contributed by atoms with E-state index in [1.54, 1.807) is 6.07 Å². The van der Waals surface area contributed by atoms with Crippen LogP contribution < -0.4 is 21.1 Å². The highest BCUT2D eigenvalue weighted by Crippen LogP contribution is 2.34. The molecule has 12 heteroatoms. The molecule has 1 amide bonds. The number of hydrogen-bond donors (Lipinski definition) is 2. The predicted molar refractivity (Wildman–Crippen MR) is 118 cm³/mol. The SMILES string of the molecule is CC(F)(F)c1ncn(CC2CC(c3ccc(F)cc3)C(=O)NN2)c(=O)c1Oc1cccc(C#N)c1F. The van der Waals surface area contributed by atoms with Crippen LogP contribution in [-0.4, -0.2) is 21.5 Å². The molecule has 0 saturated carbocycles. The minimum atomic E-state index is -3.60. The highest BCUT2D eigenvalue weighted by atomic mass is 19.3. The molecule has 0 radical (unpaired) electrons. The van der Waals surface area contributed by atoms with Crippen LogP contribution >= 0.6 is 0 Å². The molecule has 1 aliphatic heterocycles. The van der Waals surface area contributed by atoms with Crippen LogP contribution in [0.3, 0.4) is 0 Å². The molecule has 2 N–H and O–H groups in total. The molecule has 0 aliphatic carbocycles. The van der Waals surface area contributed by atoms with E-state index in [2.05, 4.69) is 15.8 Å². The Bertz CT molecular complexity index is 1400.